The number of nitrogens with zero attached hydrogens (tertiary/aromatic N) is 1. The van der Waals surface area contributed by atoms with Gasteiger partial charge < -0.3 is 5.73 Å². The van der Waals surface area contributed by atoms with Gasteiger partial charge in [0.1, 0.15) is 5.82 Å². The minimum Gasteiger partial charge on any atom is -0.330 e. The number of hydrogen-bond donors (Lipinski definition) is 1. The Morgan fingerprint density at radius 3 is 2.47 bits per heavy atom. The molecule has 0 amide bonds. The highest BCUT2D eigenvalue weighted by molar-refractivity contribution is 6.30. The van der Waals surface area contributed by atoms with Gasteiger partial charge in [-0.05, 0) is 41.8 Å². The van der Waals surface area contributed by atoms with Gasteiger partial charge in [0.05, 0.1) is 5.02 Å². The zero-order valence-electron chi connectivity index (χ0n) is 10.7. The predicted octanol–water partition coefficient (Wildman–Crippen LogP) is 3.72. The monoisotopic (exact) mass is 278 g/mol. The van der Waals surface area contributed by atoms with Crippen LogP contribution >= 0.6 is 11.6 Å². The van der Waals surface area contributed by atoms with E-state index in [0.717, 1.165) is 11.1 Å². The molecule has 2 rings (SSSR count). The molecule has 0 fully saturated rings. The average Bonchev–Trinajstić information content (AvgIpc) is 2.40. The molecule has 100 valence electrons. The number of rotatable bonds is 4. The van der Waals surface area contributed by atoms with Crippen molar-refractivity contribution < 1.29 is 4.39 Å². The standard InChI is InChI=1S/C15H16ClFN2/c1-10(11-2-4-14(17)5-3-11)15(7-18)12-6-13(16)9-19-8-12/h2-6,8-10,15H,7,18H2,1H3. The van der Waals surface area contributed by atoms with Crippen molar-refractivity contribution in [2.75, 3.05) is 6.54 Å². The van der Waals surface area contributed by atoms with Gasteiger partial charge >= 0.3 is 0 Å². The van der Waals surface area contributed by atoms with Gasteiger partial charge in [-0.15, -0.1) is 0 Å². The summed E-state index contributed by atoms with van der Waals surface area (Å²) < 4.78 is 13.0. The summed E-state index contributed by atoms with van der Waals surface area (Å²) >= 11 is 5.96. The van der Waals surface area contributed by atoms with Gasteiger partial charge in [0.2, 0.25) is 0 Å². The van der Waals surface area contributed by atoms with Crippen molar-refractivity contribution in [3.05, 3.63) is 64.7 Å². The lowest BCUT2D eigenvalue weighted by molar-refractivity contribution is 0.579. The molecule has 0 saturated heterocycles. The molecule has 2 atom stereocenters. The predicted molar refractivity (Wildman–Crippen MR) is 75.9 cm³/mol. The summed E-state index contributed by atoms with van der Waals surface area (Å²) in [6.07, 6.45) is 3.38. The third-order valence-corrected chi connectivity index (χ3v) is 3.61. The molecule has 2 unspecified atom stereocenters. The highest BCUT2D eigenvalue weighted by atomic mass is 35.5. The fourth-order valence-electron chi connectivity index (χ4n) is 2.26. The summed E-state index contributed by atoms with van der Waals surface area (Å²) in [5.74, 6) is 0.0483. The van der Waals surface area contributed by atoms with Crippen molar-refractivity contribution in [3.8, 4) is 0 Å². The first-order chi connectivity index (χ1) is 9.11. The van der Waals surface area contributed by atoms with E-state index in [9.17, 15) is 4.39 Å². The molecular formula is C15H16ClFN2. The van der Waals surface area contributed by atoms with Crippen molar-refractivity contribution in [2.45, 2.75) is 18.8 Å². The number of halogens is 2. The first-order valence-corrected chi connectivity index (χ1v) is 6.55. The molecule has 2 nitrogen and oxygen atoms in total. The van der Waals surface area contributed by atoms with Crippen LogP contribution in [0.15, 0.2) is 42.7 Å². The Kier molecular flexibility index (Phi) is 4.51. The minimum atomic E-state index is -0.232. The molecule has 0 radical (unpaired) electrons. The second-order valence-corrected chi connectivity index (χ2v) is 5.06. The molecule has 19 heavy (non-hydrogen) atoms. The summed E-state index contributed by atoms with van der Waals surface area (Å²) in [4.78, 5) is 4.10. The molecule has 0 aliphatic heterocycles. The zero-order chi connectivity index (χ0) is 13.8. The molecule has 1 aromatic heterocycles. The van der Waals surface area contributed by atoms with Crippen LogP contribution < -0.4 is 5.73 Å². The summed E-state index contributed by atoms with van der Waals surface area (Å²) in [5.41, 5.74) is 7.94. The average molecular weight is 279 g/mol. The van der Waals surface area contributed by atoms with E-state index in [-0.39, 0.29) is 17.7 Å². The van der Waals surface area contributed by atoms with Crippen molar-refractivity contribution in [3.63, 3.8) is 0 Å². The summed E-state index contributed by atoms with van der Waals surface area (Å²) in [7, 11) is 0. The van der Waals surface area contributed by atoms with Crippen LogP contribution in [0.4, 0.5) is 4.39 Å². The first-order valence-electron chi connectivity index (χ1n) is 6.17. The molecule has 1 aromatic carbocycles. The largest absolute Gasteiger partial charge is 0.330 e. The lowest BCUT2D eigenvalue weighted by Gasteiger charge is -2.23. The Hall–Kier alpha value is -1.45. The van der Waals surface area contributed by atoms with E-state index in [1.54, 1.807) is 24.5 Å². The van der Waals surface area contributed by atoms with E-state index in [0.29, 0.717) is 11.6 Å². The molecular weight excluding hydrogens is 263 g/mol. The molecule has 2 aromatic rings. The molecule has 1 heterocycles. The summed E-state index contributed by atoms with van der Waals surface area (Å²) in [6.45, 7) is 2.56. The second-order valence-electron chi connectivity index (χ2n) is 4.62. The van der Waals surface area contributed by atoms with E-state index in [4.69, 9.17) is 17.3 Å². The van der Waals surface area contributed by atoms with Crippen LogP contribution in [0.3, 0.4) is 0 Å². The highest BCUT2D eigenvalue weighted by Crippen LogP contribution is 2.32. The first kappa shape index (κ1) is 14.0. The van der Waals surface area contributed by atoms with Crippen molar-refractivity contribution in [1.29, 1.82) is 0 Å². The molecule has 0 aliphatic rings. The van der Waals surface area contributed by atoms with Gasteiger partial charge in [-0.3, -0.25) is 4.98 Å². The highest BCUT2D eigenvalue weighted by Gasteiger charge is 2.20. The van der Waals surface area contributed by atoms with E-state index in [2.05, 4.69) is 11.9 Å². The SMILES string of the molecule is CC(c1ccc(F)cc1)C(CN)c1cncc(Cl)c1. The summed E-state index contributed by atoms with van der Waals surface area (Å²) in [5, 5.41) is 0.599. The van der Waals surface area contributed by atoms with Gasteiger partial charge in [-0.25, -0.2) is 4.39 Å². The third kappa shape index (κ3) is 3.31. The zero-order valence-corrected chi connectivity index (χ0v) is 11.4. The third-order valence-electron chi connectivity index (χ3n) is 3.41. The molecule has 0 saturated carbocycles. The smallest absolute Gasteiger partial charge is 0.123 e. The van der Waals surface area contributed by atoms with Crippen molar-refractivity contribution >= 4 is 11.6 Å². The summed E-state index contributed by atoms with van der Waals surface area (Å²) in [6, 6.07) is 8.40. The molecule has 2 N–H and O–H groups in total. The Morgan fingerprint density at radius 1 is 1.21 bits per heavy atom. The normalized spacial score (nSPS) is 14.1. The maximum atomic E-state index is 13.0. The van der Waals surface area contributed by atoms with Crippen molar-refractivity contribution in [1.82, 2.24) is 4.98 Å². The fraction of sp³-hybridized carbons (Fsp3) is 0.267. The number of aromatic nitrogens is 1. The van der Waals surface area contributed by atoms with Crippen LogP contribution in [0.1, 0.15) is 29.9 Å². The molecule has 0 bridgehead atoms. The van der Waals surface area contributed by atoms with Crippen LogP contribution in [0.25, 0.3) is 0 Å². The number of nitrogens with two attached hydrogens (primary N) is 1. The quantitative estimate of drug-likeness (QED) is 0.926. The Labute approximate surface area is 117 Å². The van der Waals surface area contributed by atoms with E-state index in [1.807, 2.05) is 6.07 Å². The lowest BCUT2D eigenvalue weighted by atomic mass is 9.83. The van der Waals surface area contributed by atoms with Gasteiger partial charge in [0.15, 0.2) is 0 Å². The number of hydrogen-bond acceptors (Lipinski definition) is 2. The Morgan fingerprint density at radius 2 is 1.89 bits per heavy atom. The second kappa shape index (κ2) is 6.13. The van der Waals surface area contributed by atoms with Crippen LogP contribution in [0.2, 0.25) is 5.02 Å². The Bertz CT molecular complexity index is 542. The number of benzene rings is 1. The lowest BCUT2D eigenvalue weighted by Crippen LogP contribution is -2.18. The van der Waals surface area contributed by atoms with Gasteiger partial charge in [-0.2, -0.15) is 0 Å². The molecule has 0 aliphatic carbocycles. The van der Waals surface area contributed by atoms with Crippen molar-refractivity contribution in [2.24, 2.45) is 5.73 Å². The van der Waals surface area contributed by atoms with E-state index in [1.165, 1.54) is 12.1 Å². The van der Waals surface area contributed by atoms with Crippen LogP contribution in [0, 0.1) is 5.82 Å². The minimum absolute atomic E-state index is 0.108. The Balaban J connectivity index is 2.28. The van der Waals surface area contributed by atoms with E-state index >= 15 is 0 Å². The topological polar surface area (TPSA) is 38.9 Å². The maximum absolute atomic E-state index is 13.0. The maximum Gasteiger partial charge on any atom is 0.123 e. The van der Waals surface area contributed by atoms with Crippen LogP contribution in [-0.4, -0.2) is 11.5 Å². The van der Waals surface area contributed by atoms with Crippen LogP contribution in [0.5, 0.6) is 0 Å². The number of pyridine rings is 1. The molecule has 4 heteroatoms. The van der Waals surface area contributed by atoms with E-state index < -0.39 is 0 Å². The van der Waals surface area contributed by atoms with Gasteiger partial charge in [0, 0.05) is 18.3 Å². The van der Waals surface area contributed by atoms with Crippen LogP contribution in [-0.2, 0) is 0 Å². The molecule has 0 spiro atoms. The fourth-order valence-corrected chi connectivity index (χ4v) is 2.44. The van der Waals surface area contributed by atoms with Gasteiger partial charge in [0.25, 0.3) is 0 Å². The van der Waals surface area contributed by atoms with Gasteiger partial charge in [-0.1, -0.05) is 30.7 Å².